The van der Waals surface area contributed by atoms with Crippen LogP contribution in [0.15, 0.2) is 0 Å². The highest BCUT2D eigenvalue weighted by molar-refractivity contribution is 4.68. The smallest absolute Gasteiger partial charge is 0.377 e. The molecular weight excluding hydrogens is 219 g/mol. The molecule has 98 valence electrons. The van der Waals surface area contributed by atoms with Gasteiger partial charge >= 0.3 is 6.18 Å². The first-order valence-electron chi connectivity index (χ1n) is 5.77. The maximum Gasteiger partial charge on any atom is 0.389 e. The van der Waals surface area contributed by atoms with Crippen molar-refractivity contribution in [3.8, 4) is 0 Å². The maximum atomic E-state index is 12.1. The van der Waals surface area contributed by atoms with Gasteiger partial charge in [-0.25, -0.2) is 0 Å². The summed E-state index contributed by atoms with van der Waals surface area (Å²) in [6.07, 6.45) is -3.79. The Morgan fingerprint density at radius 3 is 2.31 bits per heavy atom. The largest absolute Gasteiger partial charge is 0.389 e. The van der Waals surface area contributed by atoms with Crippen LogP contribution in [-0.4, -0.2) is 31.5 Å². The molecule has 0 heterocycles. The molecule has 0 bridgehead atoms. The van der Waals surface area contributed by atoms with Crippen molar-refractivity contribution < 1.29 is 17.9 Å². The average molecular weight is 241 g/mol. The molecule has 0 aliphatic carbocycles. The molecule has 1 unspecified atom stereocenters. The van der Waals surface area contributed by atoms with Gasteiger partial charge < -0.3 is 10.1 Å². The van der Waals surface area contributed by atoms with Crippen molar-refractivity contribution in [2.75, 3.05) is 13.2 Å². The van der Waals surface area contributed by atoms with Crippen LogP contribution >= 0.6 is 0 Å². The third kappa shape index (κ3) is 10.2. The molecule has 2 nitrogen and oxygen atoms in total. The molecule has 1 N–H and O–H groups in total. The quantitative estimate of drug-likeness (QED) is 0.705. The van der Waals surface area contributed by atoms with Gasteiger partial charge in [0.1, 0.15) is 0 Å². The second kappa shape index (κ2) is 7.90. The molecule has 0 aromatic rings. The molecule has 0 fully saturated rings. The molecule has 0 aliphatic rings. The highest BCUT2D eigenvalue weighted by atomic mass is 19.4. The van der Waals surface area contributed by atoms with Crippen molar-refractivity contribution in [2.45, 2.75) is 58.4 Å². The zero-order valence-corrected chi connectivity index (χ0v) is 10.2. The van der Waals surface area contributed by atoms with E-state index in [1.807, 2.05) is 20.8 Å². The summed E-state index contributed by atoms with van der Waals surface area (Å²) in [5.41, 5.74) is 0. The van der Waals surface area contributed by atoms with Gasteiger partial charge in [0.15, 0.2) is 0 Å². The van der Waals surface area contributed by atoms with E-state index in [0.29, 0.717) is 6.61 Å². The van der Waals surface area contributed by atoms with Crippen molar-refractivity contribution >= 4 is 0 Å². The van der Waals surface area contributed by atoms with E-state index in [0.717, 1.165) is 13.0 Å². The Hall–Kier alpha value is -0.290. The topological polar surface area (TPSA) is 21.3 Å². The normalized spacial score (nSPS) is 14.4. The van der Waals surface area contributed by atoms with E-state index in [-0.39, 0.29) is 18.6 Å². The molecule has 16 heavy (non-hydrogen) atoms. The Bertz CT molecular complexity index is 171. The first kappa shape index (κ1) is 15.7. The zero-order chi connectivity index (χ0) is 12.6. The van der Waals surface area contributed by atoms with Crippen molar-refractivity contribution in [3.05, 3.63) is 0 Å². The van der Waals surface area contributed by atoms with E-state index in [1.165, 1.54) is 0 Å². The molecule has 0 aromatic carbocycles. The number of hydrogen-bond acceptors (Lipinski definition) is 2. The van der Waals surface area contributed by atoms with Crippen LogP contribution in [0.4, 0.5) is 13.2 Å². The van der Waals surface area contributed by atoms with Crippen LogP contribution in [0.2, 0.25) is 0 Å². The van der Waals surface area contributed by atoms with Crippen molar-refractivity contribution in [1.29, 1.82) is 0 Å². The summed E-state index contributed by atoms with van der Waals surface area (Å²) in [4.78, 5) is 0. The minimum atomic E-state index is -4.08. The van der Waals surface area contributed by atoms with E-state index in [4.69, 9.17) is 4.74 Å². The zero-order valence-electron chi connectivity index (χ0n) is 10.2. The van der Waals surface area contributed by atoms with Gasteiger partial charge in [0.25, 0.3) is 0 Å². The van der Waals surface area contributed by atoms with Gasteiger partial charge in [0.05, 0.1) is 12.7 Å². The highest BCUT2D eigenvalue weighted by Gasteiger charge is 2.28. The summed E-state index contributed by atoms with van der Waals surface area (Å²) >= 11 is 0. The van der Waals surface area contributed by atoms with E-state index < -0.39 is 12.6 Å². The van der Waals surface area contributed by atoms with Gasteiger partial charge in [0, 0.05) is 12.5 Å². The lowest BCUT2D eigenvalue weighted by molar-refractivity contribution is -0.137. The minimum absolute atomic E-state index is 0.0526. The summed E-state index contributed by atoms with van der Waals surface area (Å²) in [5.74, 6) is 0. The van der Waals surface area contributed by atoms with Crippen LogP contribution in [0.25, 0.3) is 0 Å². The van der Waals surface area contributed by atoms with Gasteiger partial charge in [-0.3, -0.25) is 0 Å². The predicted molar refractivity (Wildman–Crippen MR) is 58.5 cm³/mol. The molecule has 0 saturated carbocycles. The van der Waals surface area contributed by atoms with E-state index in [2.05, 4.69) is 5.32 Å². The van der Waals surface area contributed by atoms with Gasteiger partial charge in [-0.15, -0.1) is 0 Å². The second-order valence-electron chi connectivity index (χ2n) is 4.19. The Morgan fingerprint density at radius 1 is 1.25 bits per heavy atom. The SMILES string of the molecule is CCCNC(CCC(F)(F)F)COC(C)C. The Balaban J connectivity index is 3.89. The third-order valence-corrected chi connectivity index (χ3v) is 2.09. The van der Waals surface area contributed by atoms with Crippen LogP contribution < -0.4 is 5.32 Å². The maximum absolute atomic E-state index is 12.1. The van der Waals surface area contributed by atoms with Crippen LogP contribution in [0.5, 0.6) is 0 Å². The number of hydrogen-bond donors (Lipinski definition) is 1. The third-order valence-electron chi connectivity index (χ3n) is 2.09. The molecule has 0 aromatic heterocycles. The monoisotopic (exact) mass is 241 g/mol. The average Bonchev–Trinajstić information content (AvgIpc) is 2.15. The van der Waals surface area contributed by atoms with Crippen molar-refractivity contribution in [2.24, 2.45) is 0 Å². The fourth-order valence-corrected chi connectivity index (χ4v) is 1.24. The lowest BCUT2D eigenvalue weighted by Gasteiger charge is -2.20. The minimum Gasteiger partial charge on any atom is -0.377 e. The van der Waals surface area contributed by atoms with Crippen LogP contribution in [0.1, 0.15) is 40.0 Å². The van der Waals surface area contributed by atoms with Gasteiger partial charge in [-0.1, -0.05) is 6.92 Å². The van der Waals surface area contributed by atoms with Crippen molar-refractivity contribution in [3.63, 3.8) is 0 Å². The molecule has 0 saturated heterocycles. The molecule has 0 rings (SSSR count). The molecule has 0 aliphatic heterocycles. The van der Waals surface area contributed by atoms with E-state index in [1.54, 1.807) is 0 Å². The lowest BCUT2D eigenvalue weighted by atomic mass is 10.1. The highest BCUT2D eigenvalue weighted by Crippen LogP contribution is 2.22. The van der Waals surface area contributed by atoms with E-state index in [9.17, 15) is 13.2 Å². The lowest BCUT2D eigenvalue weighted by Crippen LogP contribution is -2.36. The second-order valence-corrected chi connectivity index (χ2v) is 4.19. The summed E-state index contributed by atoms with van der Waals surface area (Å²) in [6.45, 7) is 6.80. The van der Waals surface area contributed by atoms with E-state index >= 15 is 0 Å². The first-order valence-corrected chi connectivity index (χ1v) is 5.77. The molecule has 1 atom stereocenters. The number of rotatable bonds is 8. The van der Waals surface area contributed by atoms with Crippen LogP contribution in [-0.2, 0) is 4.74 Å². The number of ether oxygens (including phenoxy) is 1. The molecule has 0 spiro atoms. The Labute approximate surface area is 95.5 Å². The van der Waals surface area contributed by atoms with Gasteiger partial charge in [-0.2, -0.15) is 13.2 Å². The summed E-state index contributed by atoms with van der Waals surface area (Å²) in [7, 11) is 0. The first-order chi connectivity index (χ1) is 7.35. The van der Waals surface area contributed by atoms with Crippen molar-refractivity contribution in [1.82, 2.24) is 5.32 Å². The fraction of sp³-hybridized carbons (Fsp3) is 1.00. The Kier molecular flexibility index (Phi) is 7.76. The summed E-state index contributed by atoms with van der Waals surface area (Å²) in [5, 5.41) is 3.07. The summed E-state index contributed by atoms with van der Waals surface area (Å²) in [6, 6.07) is -0.205. The predicted octanol–water partition coefficient (Wildman–Crippen LogP) is 3.12. The van der Waals surface area contributed by atoms with Crippen LogP contribution in [0.3, 0.4) is 0 Å². The standard InChI is InChI=1S/C11H22F3NO/c1-4-7-15-10(8-16-9(2)3)5-6-11(12,13)14/h9-10,15H,4-8H2,1-3H3. The number of nitrogens with one attached hydrogen (secondary N) is 1. The molecule has 0 amide bonds. The Morgan fingerprint density at radius 2 is 1.88 bits per heavy atom. The molecular formula is C11H22F3NO. The fourth-order valence-electron chi connectivity index (χ4n) is 1.24. The van der Waals surface area contributed by atoms with Crippen LogP contribution in [0, 0.1) is 0 Å². The molecule has 5 heteroatoms. The van der Waals surface area contributed by atoms with Gasteiger partial charge in [-0.05, 0) is 33.2 Å². The number of halogens is 3. The number of alkyl halides is 3. The van der Waals surface area contributed by atoms with Gasteiger partial charge in [0.2, 0.25) is 0 Å². The summed E-state index contributed by atoms with van der Waals surface area (Å²) < 4.78 is 41.5. The molecule has 0 radical (unpaired) electrons.